The van der Waals surface area contributed by atoms with Crippen molar-refractivity contribution in [2.45, 2.75) is 32.1 Å². The highest BCUT2D eigenvalue weighted by molar-refractivity contribution is 6.26. The molecule has 0 saturated heterocycles. The number of rotatable bonds is 6. The molecule has 0 bridgehead atoms. The van der Waals surface area contributed by atoms with Gasteiger partial charge in [-0.1, -0.05) is 157 Å². The molecule has 0 aliphatic heterocycles. The zero-order valence-electron chi connectivity index (χ0n) is 28.7. The van der Waals surface area contributed by atoms with Crippen LogP contribution in [0.25, 0.3) is 54.9 Å². The third kappa shape index (κ3) is 4.39. The Morgan fingerprint density at radius 3 is 1.98 bits per heavy atom. The van der Waals surface area contributed by atoms with E-state index in [1.54, 1.807) is 5.57 Å². The molecule has 6 aromatic carbocycles. The van der Waals surface area contributed by atoms with Crippen molar-refractivity contribution in [1.82, 2.24) is 0 Å². The van der Waals surface area contributed by atoms with Crippen LogP contribution in [0.5, 0.6) is 0 Å². The number of benzene rings is 6. The van der Waals surface area contributed by atoms with Gasteiger partial charge in [-0.15, -0.1) is 0 Å². The minimum absolute atomic E-state index is 0.342. The second-order valence-corrected chi connectivity index (χ2v) is 15.0. The average molecular weight is 651 g/mol. The Morgan fingerprint density at radius 1 is 0.529 bits per heavy atom. The summed E-state index contributed by atoms with van der Waals surface area (Å²) in [6.07, 6.45) is 24.6. The maximum atomic E-state index is 2.58. The monoisotopic (exact) mass is 650 g/mol. The van der Waals surface area contributed by atoms with Crippen LogP contribution in [0.4, 0.5) is 0 Å². The van der Waals surface area contributed by atoms with Crippen molar-refractivity contribution in [3.63, 3.8) is 0 Å². The quantitative estimate of drug-likeness (QED) is 0.157. The van der Waals surface area contributed by atoms with Crippen molar-refractivity contribution in [2.24, 2.45) is 11.8 Å². The van der Waals surface area contributed by atoms with Gasteiger partial charge in [-0.05, 0) is 132 Å². The maximum absolute atomic E-state index is 2.58. The van der Waals surface area contributed by atoms with Gasteiger partial charge in [0.2, 0.25) is 0 Å². The van der Waals surface area contributed by atoms with E-state index in [2.05, 4.69) is 158 Å². The van der Waals surface area contributed by atoms with Crippen LogP contribution in [0, 0.1) is 11.8 Å². The van der Waals surface area contributed by atoms with Crippen LogP contribution in [-0.2, 0) is 12.8 Å². The van der Waals surface area contributed by atoms with Gasteiger partial charge in [0, 0.05) is 11.8 Å². The number of hydrogen-bond acceptors (Lipinski definition) is 0. The average Bonchev–Trinajstić information content (AvgIpc) is 3.70. The number of hydrogen-bond donors (Lipinski definition) is 0. The normalized spacial score (nSPS) is 19.0. The van der Waals surface area contributed by atoms with Crippen molar-refractivity contribution in [2.75, 3.05) is 0 Å². The van der Waals surface area contributed by atoms with Gasteiger partial charge in [-0.25, -0.2) is 0 Å². The molecule has 242 valence electrons. The zero-order valence-corrected chi connectivity index (χ0v) is 28.7. The molecule has 0 heterocycles. The molecule has 0 nitrogen and oxygen atoms in total. The van der Waals surface area contributed by atoms with E-state index >= 15 is 0 Å². The van der Waals surface area contributed by atoms with E-state index < -0.39 is 0 Å². The summed E-state index contributed by atoms with van der Waals surface area (Å²) in [5.41, 5.74) is 20.2. The maximum Gasteiger partial charge on any atom is 0.0202 e. The first-order valence-corrected chi connectivity index (χ1v) is 18.7. The first kappa shape index (κ1) is 29.1. The molecule has 0 saturated carbocycles. The van der Waals surface area contributed by atoms with Crippen LogP contribution in [0.1, 0.15) is 52.6 Å². The Morgan fingerprint density at radius 2 is 1.22 bits per heavy atom. The highest BCUT2D eigenvalue weighted by Gasteiger charge is 2.43. The molecule has 0 radical (unpaired) electrons. The van der Waals surface area contributed by atoms with Gasteiger partial charge in [0.1, 0.15) is 0 Å². The highest BCUT2D eigenvalue weighted by Crippen LogP contribution is 2.60. The standard InChI is InChI=1S/C51H38/c1-4-14-32(15-5-1)28-35-26-27-42-47-36(35)22-12-25-41(47)50-43(29-33-16-6-2-7-17-33)45-31-44-38-21-11-10-20-37(38)39-23-13-24-40(48(39)44)49(45)46(51(42)50)30-34-18-8-3-9-19-34/h2-4,6-27,31,36,47H,1,5,28-30H2. The minimum atomic E-state index is 0.342. The summed E-state index contributed by atoms with van der Waals surface area (Å²) >= 11 is 0. The molecule has 0 amide bonds. The molecule has 2 unspecified atom stereocenters. The molecule has 0 aromatic heterocycles. The summed E-state index contributed by atoms with van der Waals surface area (Å²) in [5.74, 6) is 0.713. The Balaban J connectivity index is 1.25. The van der Waals surface area contributed by atoms with Crippen LogP contribution in [0.3, 0.4) is 0 Å². The molecule has 2 atom stereocenters. The molecule has 5 aliphatic carbocycles. The van der Waals surface area contributed by atoms with Gasteiger partial charge >= 0.3 is 0 Å². The van der Waals surface area contributed by atoms with Gasteiger partial charge < -0.3 is 0 Å². The van der Waals surface area contributed by atoms with Gasteiger partial charge in [0.15, 0.2) is 0 Å². The topological polar surface area (TPSA) is 0 Å². The fraction of sp³-hybridized carbons (Fsp3) is 0.137. The third-order valence-corrected chi connectivity index (χ3v) is 12.2. The van der Waals surface area contributed by atoms with Crippen molar-refractivity contribution in [3.8, 4) is 22.3 Å². The summed E-state index contributed by atoms with van der Waals surface area (Å²) in [6, 6.07) is 41.0. The summed E-state index contributed by atoms with van der Waals surface area (Å²) < 4.78 is 0. The van der Waals surface area contributed by atoms with E-state index in [1.165, 1.54) is 93.9 Å². The second-order valence-electron chi connectivity index (χ2n) is 15.0. The molecular weight excluding hydrogens is 613 g/mol. The molecule has 0 heteroatoms. The summed E-state index contributed by atoms with van der Waals surface area (Å²) in [4.78, 5) is 0. The third-order valence-electron chi connectivity index (χ3n) is 12.2. The number of fused-ring (bicyclic) bond motifs is 8. The lowest BCUT2D eigenvalue weighted by Gasteiger charge is -2.32. The van der Waals surface area contributed by atoms with Crippen molar-refractivity contribution in [1.29, 1.82) is 0 Å². The molecule has 0 N–H and O–H groups in total. The van der Waals surface area contributed by atoms with E-state index in [1.807, 2.05) is 0 Å². The van der Waals surface area contributed by atoms with Crippen LogP contribution in [-0.4, -0.2) is 0 Å². The Labute approximate surface area is 300 Å². The second kappa shape index (κ2) is 11.4. The molecule has 51 heavy (non-hydrogen) atoms. The summed E-state index contributed by atoms with van der Waals surface area (Å²) in [6.45, 7) is 0. The van der Waals surface area contributed by atoms with Gasteiger partial charge in [-0.3, -0.25) is 0 Å². The van der Waals surface area contributed by atoms with Crippen LogP contribution < -0.4 is 0 Å². The molecule has 0 fully saturated rings. The smallest absolute Gasteiger partial charge is 0.0202 e. The minimum Gasteiger partial charge on any atom is -0.0840 e. The van der Waals surface area contributed by atoms with E-state index in [0.29, 0.717) is 11.8 Å². The number of allylic oxidation sites excluding steroid dienone is 12. The first-order valence-electron chi connectivity index (χ1n) is 18.7. The molecule has 5 aliphatic rings. The lowest BCUT2D eigenvalue weighted by Crippen LogP contribution is -2.19. The molecule has 6 aromatic rings. The Hall–Kier alpha value is -5.72. The van der Waals surface area contributed by atoms with Gasteiger partial charge in [0.25, 0.3) is 0 Å². The van der Waals surface area contributed by atoms with Crippen LogP contribution in [0.2, 0.25) is 0 Å². The lowest BCUT2D eigenvalue weighted by atomic mass is 9.71. The van der Waals surface area contributed by atoms with E-state index in [4.69, 9.17) is 0 Å². The fourth-order valence-electron chi connectivity index (χ4n) is 10.1. The summed E-state index contributed by atoms with van der Waals surface area (Å²) in [5, 5.41) is 5.65. The fourth-order valence-corrected chi connectivity index (χ4v) is 10.1. The van der Waals surface area contributed by atoms with E-state index in [9.17, 15) is 0 Å². The molecule has 11 rings (SSSR count). The SMILES string of the molecule is C1=CC2C(CC3=CCCC=C3)=CC=C3c4c(c(Cc5ccccc5)c5cc6c7c(cccc7c5c4Cc4ccccc4)-c4ccccc4-6)C(=C1)C32. The van der Waals surface area contributed by atoms with Gasteiger partial charge in [0.05, 0.1) is 0 Å². The summed E-state index contributed by atoms with van der Waals surface area (Å²) in [7, 11) is 0. The van der Waals surface area contributed by atoms with Crippen molar-refractivity contribution < 1.29 is 0 Å². The van der Waals surface area contributed by atoms with E-state index in [-0.39, 0.29) is 0 Å². The van der Waals surface area contributed by atoms with Gasteiger partial charge in [-0.2, -0.15) is 0 Å². The van der Waals surface area contributed by atoms with Crippen molar-refractivity contribution >= 4 is 32.7 Å². The Kier molecular flexibility index (Phi) is 6.50. The van der Waals surface area contributed by atoms with Crippen LogP contribution >= 0.6 is 0 Å². The largest absolute Gasteiger partial charge is 0.0840 e. The first-order chi connectivity index (χ1) is 25.3. The zero-order chi connectivity index (χ0) is 33.5. The van der Waals surface area contributed by atoms with E-state index in [0.717, 1.165) is 32.1 Å². The molecular formula is C51H38. The Bertz CT molecular complexity index is 2630. The lowest BCUT2D eigenvalue weighted by molar-refractivity contribution is 0.647. The van der Waals surface area contributed by atoms with Crippen molar-refractivity contribution in [3.05, 3.63) is 202 Å². The predicted molar refractivity (Wildman–Crippen MR) is 216 cm³/mol. The predicted octanol–water partition coefficient (Wildman–Crippen LogP) is 13.0. The van der Waals surface area contributed by atoms with Crippen LogP contribution in [0.15, 0.2) is 169 Å². The highest BCUT2D eigenvalue weighted by atomic mass is 14.5. The molecule has 0 spiro atoms.